The maximum absolute atomic E-state index is 12.0. The van der Waals surface area contributed by atoms with E-state index in [1.54, 1.807) is 10.2 Å². The van der Waals surface area contributed by atoms with Gasteiger partial charge in [-0.25, -0.2) is 16.8 Å². The molecule has 8 heteroatoms. The number of halogens is 1. The van der Waals surface area contributed by atoms with Gasteiger partial charge in [0.1, 0.15) is 0 Å². The molecule has 0 aliphatic heterocycles. The van der Waals surface area contributed by atoms with Crippen LogP contribution in [0.5, 0.6) is 0 Å². The Morgan fingerprint density at radius 3 is 1.65 bits per heavy atom. The standard InChI is InChI=1S/C12H10ClNO4S2/c13-10-6-8-12(9-7-10)20(17,18)14-19(15,16)11-4-2-1-3-5-11/h1-9,14H. The zero-order valence-electron chi connectivity index (χ0n) is 10.0. The molecule has 0 aromatic heterocycles. The molecule has 0 aliphatic rings. The SMILES string of the molecule is O=S(=O)(NS(=O)(=O)c1ccc(Cl)cc1)c1ccccc1. The first kappa shape index (κ1) is 15.0. The van der Waals surface area contributed by atoms with Crippen molar-refractivity contribution in [3.05, 3.63) is 59.6 Å². The Kier molecular flexibility index (Phi) is 4.14. The summed E-state index contributed by atoms with van der Waals surface area (Å²) in [5.41, 5.74) is 0. The number of nitrogens with one attached hydrogen (secondary N) is 1. The molecule has 0 atom stereocenters. The third kappa shape index (κ3) is 3.37. The molecule has 1 N–H and O–H groups in total. The van der Waals surface area contributed by atoms with E-state index in [2.05, 4.69) is 0 Å². The summed E-state index contributed by atoms with van der Waals surface area (Å²) in [4.78, 5) is -0.307. The Morgan fingerprint density at radius 2 is 1.15 bits per heavy atom. The van der Waals surface area contributed by atoms with Crippen molar-refractivity contribution in [1.29, 1.82) is 0 Å². The highest BCUT2D eigenvalue weighted by Crippen LogP contribution is 2.16. The molecule has 20 heavy (non-hydrogen) atoms. The quantitative estimate of drug-likeness (QED) is 0.929. The average Bonchev–Trinajstić information content (AvgIpc) is 2.39. The van der Waals surface area contributed by atoms with Crippen LogP contribution in [0.3, 0.4) is 0 Å². The first-order valence-corrected chi connectivity index (χ1v) is 8.75. The fourth-order valence-electron chi connectivity index (χ4n) is 1.45. The van der Waals surface area contributed by atoms with Crippen LogP contribution in [-0.4, -0.2) is 16.8 Å². The Bertz CT molecular complexity index is 800. The number of sulfonamides is 2. The van der Waals surface area contributed by atoms with E-state index in [1.165, 1.54) is 48.5 Å². The fourth-order valence-corrected chi connectivity index (χ4v) is 4.52. The smallest absolute Gasteiger partial charge is 0.206 e. The van der Waals surface area contributed by atoms with Gasteiger partial charge in [0.05, 0.1) is 9.79 Å². The molecule has 106 valence electrons. The summed E-state index contributed by atoms with van der Waals surface area (Å²) in [5.74, 6) is 0. The molecule has 0 saturated carbocycles. The zero-order valence-corrected chi connectivity index (χ0v) is 12.4. The minimum atomic E-state index is -4.18. The maximum Gasteiger partial charge on any atom is 0.253 e. The van der Waals surface area contributed by atoms with Crippen molar-refractivity contribution in [1.82, 2.24) is 4.13 Å². The molecule has 2 aromatic rings. The lowest BCUT2D eigenvalue weighted by Gasteiger charge is -2.07. The van der Waals surface area contributed by atoms with E-state index in [-0.39, 0.29) is 9.79 Å². The van der Waals surface area contributed by atoms with Crippen LogP contribution in [0.4, 0.5) is 0 Å². The Hall–Kier alpha value is -1.41. The van der Waals surface area contributed by atoms with Gasteiger partial charge in [-0.2, -0.15) is 0 Å². The van der Waals surface area contributed by atoms with Crippen LogP contribution in [0.1, 0.15) is 0 Å². The number of hydrogen-bond donors (Lipinski definition) is 1. The van der Waals surface area contributed by atoms with Gasteiger partial charge < -0.3 is 0 Å². The molecular formula is C12H10ClNO4S2. The molecule has 0 unspecified atom stereocenters. The second-order valence-electron chi connectivity index (χ2n) is 3.86. The van der Waals surface area contributed by atoms with Crippen LogP contribution in [-0.2, 0) is 20.0 Å². The van der Waals surface area contributed by atoms with Gasteiger partial charge in [0.15, 0.2) is 0 Å². The van der Waals surface area contributed by atoms with Gasteiger partial charge in [0.25, 0.3) is 20.0 Å². The Labute approximate surface area is 122 Å². The van der Waals surface area contributed by atoms with Gasteiger partial charge in [0, 0.05) is 5.02 Å². The second-order valence-corrected chi connectivity index (χ2v) is 7.92. The lowest BCUT2D eigenvalue weighted by Crippen LogP contribution is -2.30. The summed E-state index contributed by atoms with van der Waals surface area (Å²) < 4.78 is 49.6. The molecule has 0 saturated heterocycles. The maximum atomic E-state index is 12.0. The Balaban J connectivity index is 2.36. The van der Waals surface area contributed by atoms with E-state index < -0.39 is 20.0 Å². The third-order valence-corrected chi connectivity index (χ3v) is 6.19. The minimum absolute atomic E-state index is 0.127. The zero-order chi connectivity index (χ0) is 14.8. The van der Waals surface area contributed by atoms with E-state index >= 15 is 0 Å². The molecular weight excluding hydrogens is 322 g/mol. The predicted molar refractivity (Wildman–Crippen MR) is 75.4 cm³/mol. The van der Waals surface area contributed by atoms with E-state index in [1.807, 2.05) is 0 Å². The highest BCUT2D eigenvalue weighted by molar-refractivity contribution is 8.04. The average molecular weight is 332 g/mol. The van der Waals surface area contributed by atoms with Crippen molar-refractivity contribution >= 4 is 31.6 Å². The first-order valence-electron chi connectivity index (χ1n) is 5.40. The van der Waals surface area contributed by atoms with Crippen LogP contribution in [0.2, 0.25) is 5.02 Å². The van der Waals surface area contributed by atoms with E-state index in [9.17, 15) is 16.8 Å². The summed E-state index contributed by atoms with van der Waals surface area (Å²) in [5, 5.41) is 0.356. The molecule has 0 heterocycles. The fraction of sp³-hybridized carbons (Fsp3) is 0. The minimum Gasteiger partial charge on any atom is -0.206 e. The van der Waals surface area contributed by atoms with Crippen LogP contribution in [0.25, 0.3) is 0 Å². The van der Waals surface area contributed by atoms with Crippen molar-refractivity contribution in [2.24, 2.45) is 0 Å². The van der Waals surface area contributed by atoms with Gasteiger partial charge >= 0.3 is 0 Å². The summed E-state index contributed by atoms with van der Waals surface area (Å²) in [6.45, 7) is 0. The highest BCUT2D eigenvalue weighted by atomic mass is 35.5. The molecule has 0 fully saturated rings. The summed E-state index contributed by atoms with van der Waals surface area (Å²) in [6.07, 6.45) is 0. The second kappa shape index (κ2) is 5.53. The number of benzene rings is 2. The van der Waals surface area contributed by atoms with Crippen molar-refractivity contribution < 1.29 is 16.8 Å². The van der Waals surface area contributed by atoms with Crippen LogP contribution >= 0.6 is 11.6 Å². The van der Waals surface area contributed by atoms with Crippen molar-refractivity contribution in [3.63, 3.8) is 0 Å². The summed E-state index contributed by atoms with van der Waals surface area (Å²) >= 11 is 5.66. The van der Waals surface area contributed by atoms with Gasteiger partial charge in [-0.3, -0.25) is 0 Å². The normalized spacial score (nSPS) is 12.2. The van der Waals surface area contributed by atoms with Gasteiger partial charge in [-0.05, 0) is 36.4 Å². The first-order chi connectivity index (χ1) is 9.31. The third-order valence-electron chi connectivity index (χ3n) is 2.40. The van der Waals surface area contributed by atoms with Gasteiger partial charge in [-0.1, -0.05) is 29.8 Å². The topological polar surface area (TPSA) is 80.3 Å². The molecule has 0 amide bonds. The number of rotatable bonds is 4. The highest BCUT2D eigenvalue weighted by Gasteiger charge is 2.24. The van der Waals surface area contributed by atoms with E-state index in [0.717, 1.165) is 0 Å². The monoisotopic (exact) mass is 331 g/mol. The van der Waals surface area contributed by atoms with Crippen LogP contribution < -0.4 is 4.13 Å². The van der Waals surface area contributed by atoms with Crippen molar-refractivity contribution in [2.45, 2.75) is 9.79 Å². The van der Waals surface area contributed by atoms with E-state index in [4.69, 9.17) is 11.6 Å². The van der Waals surface area contributed by atoms with Crippen molar-refractivity contribution in [3.8, 4) is 0 Å². The lowest BCUT2D eigenvalue weighted by molar-refractivity contribution is 0.577. The van der Waals surface area contributed by atoms with Crippen molar-refractivity contribution in [2.75, 3.05) is 0 Å². The molecule has 2 aromatic carbocycles. The molecule has 0 aliphatic carbocycles. The largest absolute Gasteiger partial charge is 0.253 e. The summed E-state index contributed by atoms with van der Waals surface area (Å²) in [6, 6.07) is 12.4. The summed E-state index contributed by atoms with van der Waals surface area (Å²) in [7, 11) is -8.33. The number of hydrogen-bond acceptors (Lipinski definition) is 4. The Morgan fingerprint density at radius 1 is 0.700 bits per heavy atom. The van der Waals surface area contributed by atoms with Gasteiger partial charge in [0.2, 0.25) is 0 Å². The molecule has 0 spiro atoms. The lowest BCUT2D eigenvalue weighted by atomic mass is 10.4. The predicted octanol–water partition coefficient (Wildman–Crippen LogP) is 2.01. The van der Waals surface area contributed by atoms with Crippen LogP contribution in [0.15, 0.2) is 64.4 Å². The molecule has 0 radical (unpaired) electrons. The van der Waals surface area contributed by atoms with E-state index in [0.29, 0.717) is 5.02 Å². The molecule has 2 rings (SSSR count). The van der Waals surface area contributed by atoms with Crippen LogP contribution in [0, 0.1) is 0 Å². The molecule has 5 nitrogen and oxygen atoms in total. The molecule has 0 bridgehead atoms. The van der Waals surface area contributed by atoms with Gasteiger partial charge in [-0.15, -0.1) is 4.13 Å².